The molecule has 0 heterocycles. The van der Waals surface area contributed by atoms with Gasteiger partial charge in [0.1, 0.15) is 5.75 Å². The van der Waals surface area contributed by atoms with E-state index in [2.05, 4.69) is 5.32 Å². The molecule has 0 aliphatic carbocycles. The molecule has 0 bridgehead atoms. The molecular formula is C15H14F3NO. The summed E-state index contributed by atoms with van der Waals surface area (Å²) in [6, 6.07) is 12.6. The van der Waals surface area contributed by atoms with E-state index in [1.807, 2.05) is 12.1 Å². The fourth-order valence-electron chi connectivity index (χ4n) is 1.83. The molecule has 0 amide bonds. The average Bonchev–Trinajstić information content (AvgIpc) is 2.45. The molecule has 2 rings (SSSR count). The number of benzene rings is 2. The smallest absolute Gasteiger partial charge is 0.418 e. The first-order chi connectivity index (χ1) is 9.50. The van der Waals surface area contributed by atoms with Crippen molar-refractivity contribution >= 4 is 5.69 Å². The van der Waals surface area contributed by atoms with E-state index in [0.29, 0.717) is 12.3 Å². The molecule has 2 aromatic carbocycles. The van der Waals surface area contributed by atoms with Crippen molar-refractivity contribution in [1.29, 1.82) is 0 Å². The van der Waals surface area contributed by atoms with Gasteiger partial charge in [-0.05, 0) is 29.8 Å². The second-order valence-corrected chi connectivity index (χ2v) is 4.24. The number of methoxy groups -OCH3 is 1. The second kappa shape index (κ2) is 5.86. The van der Waals surface area contributed by atoms with Crippen LogP contribution >= 0.6 is 0 Å². The summed E-state index contributed by atoms with van der Waals surface area (Å²) in [5.41, 5.74) is 0.298. The lowest BCUT2D eigenvalue weighted by atomic mass is 10.1. The molecule has 0 radical (unpaired) electrons. The molecule has 0 aromatic heterocycles. The average molecular weight is 281 g/mol. The Morgan fingerprint density at radius 3 is 2.25 bits per heavy atom. The summed E-state index contributed by atoms with van der Waals surface area (Å²) in [7, 11) is 1.56. The summed E-state index contributed by atoms with van der Waals surface area (Å²) in [5.74, 6) is 0.712. The van der Waals surface area contributed by atoms with Crippen LogP contribution in [0.5, 0.6) is 5.75 Å². The van der Waals surface area contributed by atoms with Gasteiger partial charge in [0.05, 0.1) is 12.7 Å². The van der Waals surface area contributed by atoms with Crippen LogP contribution in [0.4, 0.5) is 18.9 Å². The molecule has 0 unspecified atom stereocenters. The van der Waals surface area contributed by atoms with Gasteiger partial charge in [-0.3, -0.25) is 0 Å². The van der Waals surface area contributed by atoms with Crippen molar-refractivity contribution < 1.29 is 17.9 Å². The normalized spacial score (nSPS) is 11.2. The molecule has 2 nitrogen and oxygen atoms in total. The zero-order chi connectivity index (χ0) is 14.6. The summed E-state index contributed by atoms with van der Waals surface area (Å²) in [5, 5.41) is 2.81. The lowest BCUT2D eigenvalue weighted by Crippen LogP contribution is -2.10. The molecule has 1 N–H and O–H groups in total. The predicted octanol–water partition coefficient (Wildman–Crippen LogP) is 4.33. The molecule has 5 heteroatoms. The molecule has 0 saturated heterocycles. The van der Waals surface area contributed by atoms with Crippen molar-refractivity contribution in [2.75, 3.05) is 12.4 Å². The molecule has 0 atom stereocenters. The van der Waals surface area contributed by atoms with Crippen LogP contribution in [0, 0.1) is 0 Å². The Kier molecular flexibility index (Phi) is 4.17. The Morgan fingerprint density at radius 2 is 1.65 bits per heavy atom. The molecule has 2 aromatic rings. The number of rotatable bonds is 4. The number of halogens is 3. The van der Waals surface area contributed by atoms with E-state index in [4.69, 9.17) is 4.74 Å². The van der Waals surface area contributed by atoms with Crippen molar-refractivity contribution in [3.8, 4) is 5.75 Å². The molecule has 0 spiro atoms. The van der Waals surface area contributed by atoms with E-state index in [0.717, 1.165) is 11.6 Å². The van der Waals surface area contributed by atoms with E-state index < -0.39 is 11.7 Å². The van der Waals surface area contributed by atoms with Gasteiger partial charge in [-0.1, -0.05) is 24.3 Å². The van der Waals surface area contributed by atoms with Crippen molar-refractivity contribution in [3.63, 3.8) is 0 Å². The highest BCUT2D eigenvalue weighted by Gasteiger charge is 2.32. The zero-order valence-electron chi connectivity index (χ0n) is 10.9. The van der Waals surface area contributed by atoms with E-state index in [1.54, 1.807) is 25.3 Å². The largest absolute Gasteiger partial charge is 0.497 e. The third-order valence-electron chi connectivity index (χ3n) is 2.87. The van der Waals surface area contributed by atoms with E-state index >= 15 is 0 Å². The SMILES string of the molecule is COc1ccc(CNc2ccccc2C(F)(F)F)cc1. The number of alkyl halides is 3. The summed E-state index contributed by atoms with van der Waals surface area (Å²) >= 11 is 0. The maximum Gasteiger partial charge on any atom is 0.418 e. The van der Waals surface area contributed by atoms with E-state index in [-0.39, 0.29) is 5.69 Å². The van der Waals surface area contributed by atoms with Crippen molar-refractivity contribution in [2.24, 2.45) is 0 Å². The van der Waals surface area contributed by atoms with Gasteiger partial charge in [0, 0.05) is 12.2 Å². The van der Waals surface area contributed by atoms with Crippen LogP contribution in [0.2, 0.25) is 0 Å². The number of para-hydroxylation sites is 1. The first-order valence-electron chi connectivity index (χ1n) is 6.04. The minimum Gasteiger partial charge on any atom is -0.497 e. The standard InChI is InChI=1S/C15H14F3NO/c1-20-12-8-6-11(7-9-12)10-19-14-5-3-2-4-13(14)15(16,17)18/h2-9,19H,10H2,1H3. The van der Waals surface area contributed by atoms with Gasteiger partial charge in [-0.25, -0.2) is 0 Å². The van der Waals surface area contributed by atoms with Gasteiger partial charge in [-0.15, -0.1) is 0 Å². The van der Waals surface area contributed by atoms with Crippen LogP contribution in [-0.4, -0.2) is 7.11 Å². The molecule has 0 saturated carbocycles. The monoisotopic (exact) mass is 281 g/mol. The van der Waals surface area contributed by atoms with Crippen molar-refractivity contribution in [1.82, 2.24) is 0 Å². The van der Waals surface area contributed by atoms with Gasteiger partial charge < -0.3 is 10.1 Å². The Bertz CT molecular complexity index is 564. The first kappa shape index (κ1) is 14.2. The molecule has 20 heavy (non-hydrogen) atoms. The van der Waals surface area contributed by atoms with Gasteiger partial charge in [0.15, 0.2) is 0 Å². The lowest BCUT2D eigenvalue weighted by molar-refractivity contribution is -0.136. The van der Waals surface area contributed by atoms with Gasteiger partial charge in [0.25, 0.3) is 0 Å². The van der Waals surface area contributed by atoms with E-state index in [9.17, 15) is 13.2 Å². The number of anilines is 1. The molecular weight excluding hydrogens is 267 g/mol. The molecule has 0 fully saturated rings. The van der Waals surface area contributed by atoms with E-state index in [1.165, 1.54) is 12.1 Å². The third kappa shape index (κ3) is 3.44. The first-order valence-corrected chi connectivity index (χ1v) is 6.04. The predicted molar refractivity (Wildman–Crippen MR) is 71.8 cm³/mol. The fourth-order valence-corrected chi connectivity index (χ4v) is 1.83. The quantitative estimate of drug-likeness (QED) is 0.900. The highest BCUT2D eigenvalue weighted by atomic mass is 19.4. The summed E-state index contributed by atoms with van der Waals surface area (Å²) in [6.45, 7) is 0.317. The van der Waals surface area contributed by atoms with Crippen LogP contribution in [0.15, 0.2) is 48.5 Å². The van der Waals surface area contributed by atoms with Crippen LogP contribution in [0.1, 0.15) is 11.1 Å². The Hall–Kier alpha value is -2.17. The maximum atomic E-state index is 12.8. The van der Waals surface area contributed by atoms with Crippen LogP contribution in [0.3, 0.4) is 0 Å². The highest BCUT2D eigenvalue weighted by Crippen LogP contribution is 2.34. The van der Waals surface area contributed by atoms with Crippen molar-refractivity contribution in [3.05, 3.63) is 59.7 Å². The maximum absolute atomic E-state index is 12.8. The van der Waals surface area contributed by atoms with Crippen LogP contribution < -0.4 is 10.1 Å². The lowest BCUT2D eigenvalue weighted by Gasteiger charge is -2.14. The molecule has 0 aliphatic rings. The van der Waals surface area contributed by atoms with Gasteiger partial charge >= 0.3 is 6.18 Å². The van der Waals surface area contributed by atoms with Crippen molar-refractivity contribution in [2.45, 2.75) is 12.7 Å². The minimum absolute atomic E-state index is 0.0795. The Labute approximate surface area is 115 Å². The molecule has 106 valence electrons. The topological polar surface area (TPSA) is 21.3 Å². The van der Waals surface area contributed by atoms with Gasteiger partial charge in [-0.2, -0.15) is 13.2 Å². The van der Waals surface area contributed by atoms with Crippen LogP contribution in [0.25, 0.3) is 0 Å². The van der Waals surface area contributed by atoms with Gasteiger partial charge in [0.2, 0.25) is 0 Å². The number of nitrogens with one attached hydrogen (secondary N) is 1. The Morgan fingerprint density at radius 1 is 1.00 bits per heavy atom. The highest BCUT2D eigenvalue weighted by molar-refractivity contribution is 5.52. The number of hydrogen-bond acceptors (Lipinski definition) is 2. The molecule has 0 aliphatic heterocycles. The third-order valence-corrected chi connectivity index (χ3v) is 2.87. The fraction of sp³-hybridized carbons (Fsp3) is 0.200. The summed E-state index contributed by atoms with van der Waals surface area (Å²) < 4.78 is 43.5. The number of ether oxygens (including phenoxy) is 1. The van der Waals surface area contributed by atoms with Crippen LogP contribution in [-0.2, 0) is 12.7 Å². The zero-order valence-corrected chi connectivity index (χ0v) is 10.9. The summed E-state index contributed by atoms with van der Waals surface area (Å²) in [4.78, 5) is 0. The minimum atomic E-state index is -4.36. The Balaban J connectivity index is 2.10. The summed E-state index contributed by atoms with van der Waals surface area (Å²) in [6.07, 6.45) is -4.36. The number of hydrogen-bond donors (Lipinski definition) is 1. The second-order valence-electron chi connectivity index (χ2n) is 4.24.